The van der Waals surface area contributed by atoms with E-state index in [4.69, 9.17) is 5.73 Å². The summed E-state index contributed by atoms with van der Waals surface area (Å²) in [6.45, 7) is 0. The Morgan fingerprint density at radius 2 is 1.88 bits per heavy atom. The third-order valence-electron chi connectivity index (χ3n) is 3.89. The molecule has 4 aromatic rings. The predicted octanol–water partition coefficient (Wildman–Crippen LogP) is 3.26. The summed E-state index contributed by atoms with van der Waals surface area (Å²) in [4.78, 5) is 20.4. The van der Waals surface area contributed by atoms with Crippen molar-refractivity contribution in [1.82, 2.24) is 14.5 Å². The molecule has 1 amide bonds. The number of aromatic nitrogens is 3. The van der Waals surface area contributed by atoms with E-state index in [2.05, 4.69) is 15.3 Å². The molecule has 4 rings (SSSR count). The fourth-order valence-electron chi connectivity index (χ4n) is 2.71. The van der Waals surface area contributed by atoms with Crippen LogP contribution >= 0.6 is 0 Å². The highest BCUT2D eigenvalue weighted by molar-refractivity contribution is 6.05. The second kappa shape index (κ2) is 6.09. The number of nitrogens with zero attached hydrogens (tertiary/aromatic N) is 3. The molecule has 6 nitrogen and oxygen atoms in total. The summed E-state index contributed by atoms with van der Waals surface area (Å²) in [6.07, 6.45) is 3.53. The van der Waals surface area contributed by atoms with Crippen molar-refractivity contribution in [1.29, 1.82) is 0 Å². The van der Waals surface area contributed by atoms with Crippen molar-refractivity contribution < 1.29 is 4.79 Å². The second-order valence-electron chi connectivity index (χ2n) is 5.55. The van der Waals surface area contributed by atoms with E-state index < -0.39 is 0 Å². The average Bonchev–Trinajstić information content (AvgIpc) is 3.05. The molecule has 0 bridgehead atoms. The van der Waals surface area contributed by atoms with E-state index in [-0.39, 0.29) is 11.9 Å². The van der Waals surface area contributed by atoms with Gasteiger partial charge in [0.15, 0.2) is 0 Å². The number of fused-ring (bicyclic) bond motifs is 1. The first-order valence-electron chi connectivity index (χ1n) is 7.77. The molecule has 0 radical (unpaired) electrons. The van der Waals surface area contributed by atoms with Crippen LogP contribution in [0.1, 0.15) is 10.4 Å². The first-order valence-corrected chi connectivity index (χ1v) is 7.77. The molecule has 0 unspecified atom stereocenters. The van der Waals surface area contributed by atoms with Gasteiger partial charge in [-0.05, 0) is 42.5 Å². The van der Waals surface area contributed by atoms with Gasteiger partial charge < -0.3 is 15.6 Å². The lowest BCUT2D eigenvalue weighted by Gasteiger charge is -2.07. The molecule has 0 saturated heterocycles. The Hall–Kier alpha value is -3.67. The molecule has 0 fully saturated rings. The number of amides is 1. The first-order chi connectivity index (χ1) is 12.2. The van der Waals surface area contributed by atoms with Crippen LogP contribution in [-0.4, -0.2) is 20.4 Å². The Bertz CT molecular complexity index is 1060. The number of nitrogens with two attached hydrogens (primary N) is 1. The number of carbonyl (C=O) groups excluding carboxylic acids is 1. The molecule has 0 saturated carbocycles. The Labute approximate surface area is 144 Å². The molecule has 0 aliphatic rings. The summed E-state index contributed by atoms with van der Waals surface area (Å²) >= 11 is 0. The number of nitrogens with one attached hydrogen (secondary N) is 1. The normalized spacial score (nSPS) is 10.7. The van der Waals surface area contributed by atoms with Crippen LogP contribution in [0.25, 0.3) is 16.7 Å². The van der Waals surface area contributed by atoms with E-state index in [0.717, 1.165) is 16.6 Å². The number of anilines is 2. The Morgan fingerprint density at radius 3 is 2.68 bits per heavy atom. The Morgan fingerprint density at radius 1 is 1.04 bits per heavy atom. The highest BCUT2D eigenvalue weighted by Gasteiger charge is 2.08. The van der Waals surface area contributed by atoms with Crippen molar-refractivity contribution in [3.63, 3.8) is 0 Å². The van der Waals surface area contributed by atoms with Crippen molar-refractivity contribution >= 4 is 28.4 Å². The maximum atomic E-state index is 12.3. The van der Waals surface area contributed by atoms with Crippen molar-refractivity contribution in [2.75, 3.05) is 11.1 Å². The van der Waals surface area contributed by atoms with Gasteiger partial charge in [0.25, 0.3) is 5.91 Å². The quantitative estimate of drug-likeness (QED) is 0.604. The zero-order valence-corrected chi connectivity index (χ0v) is 13.3. The number of hydrogen-bond donors (Lipinski definition) is 2. The summed E-state index contributed by atoms with van der Waals surface area (Å²) < 4.78 is 1.93. The van der Waals surface area contributed by atoms with Gasteiger partial charge in [-0.2, -0.15) is 4.98 Å². The summed E-state index contributed by atoms with van der Waals surface area (Å²) in [6, 6.07) is 18.6. The van der Waals surface area contributed by atoms with Gasteiger partial charge >= 0.3 is 0 Å². The number of benzene rings is 2. The van der Waals surface area contributed by atoms with Gasteiger partial charge in [0.1, 0.15) is 5.82 Å². The monoisotopic (exact) mass is 329 g/mol. The number of rotatable bonds is 3. The van der Waals surface area contributed by atoms with Crippen molar-refractivity contribution in [2.24, 2.45) is 0 Å². The number of carbonyl (C=O) groups is 1. The van der Waals surface area contributed by atoms with Crippen LogP contribution in [0.5, 0.6) is 0 Å². The lowest BCUT2D eigenvalue weighted by Crippen LogP contribution is -2.11. The van der Waals surface area contributed by atoms with E-state index in [0.29, 0.717) is 11.4 Å². The third-order valence-corrected chi connectivity index (χ3v) is 3.89. The smallest absolute Gasteiger partial charge is 0.255 e. The number of nitrogen functional groups attached to an aromatic ring is 1. The lowest BCUT2D eigenvalue weighted by molar-refractivity contribution is 0.102. The summed E-state index contributed by atoms with van der Waals surface area (Å²) in [5.41, 5.74) is 7.99. The maximum Gasteiger partial charge on any atom is 0.255 e. The first kappa shape index (κ1) is 14.9. The molecule has 0 aliphatic heterocycles. The largest absolute Gasteiger partial charge is 0.368 e. The zero-order chi connectivity index (χ0) is 17.2. The second-order valence-corrected chi connectivity index (χ2v) is 5.55. The molecule has 122 valence electrons. The van der Waals surface area contributed by atoms with E-state index in [9.17, 15) is 4.79 Å². The molecule has 2 aromatic heterocycles. The van der Waals surface area contributed by atoms with Crippen LogP contribution in [-0.2, 0) is 0 Å². The molecule has 0 aliphatic carbocycles. The molecule has 2 aromatic carbocycles. The topological polar surface area (TPSA) is 85.8 Å². The lowest BCUT2D eigenvalue weighted by atomic mass is 10.2. The van der Waals surface area contributed by atoms with Crippen LogP contribution in [0.3, 0.4) is 0 Å². The standard InChI is InChI=1S/C19H15N5O/c20-19-21-10-8-17(23-19)24-11-9-14-12-15(6-7-16(14)24)22-18(25)13-4-2-1-3-5-13/h1-12H,(H,22,25)(H2,20,21,23). The molecule has 0 atom stereocenters. The molecule has 3 N–H and O–H groups in total. The fourth-order valence-corrected chi connectivity index (χ4v) is 2.71. The van der Waals surface area contributed by atoms with Gasteiger partial charge in [-0.3, -0.25) is 4.79 Å². The van der Waals surface area contributed by atoms with Crippen molar-refractivity contribution in [3.8, 4) is 5.82 Å². The Balaban J connectivity index is 1.65. The Kier molecular flexibility index (Phi) is 3.63. The van der Waals surface area contributed by atoms with Gasteiger partial charge in [0, 0.05) is 29.0 Å². The number of hydrogen-bond acceptors (Lipinski definition) is 4. The van der Waals surface area contributed by atoms with Crippen LogP contribution in [0.15, 0.2) is 73.1 Å². The van der Waals surface area contributed by atoms with Crippen molar-refractivity contribution in [2.45, 2.75) is 0 Å². The molecular weight excluding hydrogens is 314 g/mol. The molecule has 2 heterocycles. The minimum Gasteiger partial charge on any atom is -0.368 e. The van der Waals surface area contributed by atoms with Gasteiger partial charge in [-0.1, -0.05) is 18.2 Å². The van der Waals surface area contributed by atoms with Gasteiger partial charge in [0.2, 0.25) is 5.95 Å². The minimum atomic E-state index is -0.136. The molecule has 6 heteroatoms. The van der Waals surface area contributed by atoms with Crippen LogP contribution in [0, 0.1) is 0 Å². The highest BCUT2D eigenvalue weighted by Crippen LogP contribution is 2.23. The van der Waals surface area contributed by atoms with E-state index >= 15 is 0 Å². The average molecular weight is 329 g/mol. The van der Waals surface area contributed by atoms with E-state index in [1.807, 2.05) is 53.2 Å². The summed E-state index contributed by atoms with van der Waals surface area (Å²) in [5.74, 6) is 0.789. The van der Waals surface area contributed by atoms with Gasteiger partial charge in [-0.25, -0.2) is 4.98 Å². The minimum absolute atomic E-state index is 0.136. The molecule has 25 heavy (non-hydrogen) atoms. The van der Waals surface area contributed by atoms with Gasteiger partial charge in [0.05, 0.1) is 5.52 Å². The fraction of sp³-hybridized carbons (Fsp3) is 0. The zero-order valence-electron chi connectivity index (χ0n) is 13.3. The van der Waals surface area contributed by atoms with Crippen LogP contribution in [0.4, 0.5) is 11.6 Å². The van der Waals surface area contributed by atoms with Crippen molar-refractivity contribution in [3.05, 3.63) is 78.6 Å². The predicted molar refractivity (Wildman–Crippen MR) is 97.7 cm³/mol. The third kappa shape index (κ3) is 2.92. The molecular formula is C19H15N5O. The van der Waals surface area contributed by atoms with Crippen LogP contribution in [0.2, 0.25) is 0 Å². The van der Waals surface area contributed by atoms with Gasteiger partial charge in [-0.15, -0.1) is 0 Å². The van der Waals surface area contributed by atoms with Crippen LogP contribution < -0.4 is 11.1 Å². The summed E-state index contributed by atoms with van der Waals surface area (Å²) in [7, 11) is 0. The molecule has 0 spiro atoms. The summed E-state index contributed by atoms with van der Waals surface area (Å²) in [5, 5.41) is 3.90. The van der Waals surface area contributed by atoms with E-state index in [1.54, 1.807) is 24.4 Å². The maximum absolute atomic E-state index is 12.3. The van der Waals surface area contributed by atoms with E-state index in [1.165, 1.54) is 0 Å². The SMILES string of the molecule is Nc1nccc(-n2ccc3cc(NC(=O)c4ccccc4)ccc32)n1. The highest BCUT2D eigenvalue weighted by atomic mass is 16.1.